The normalized spacial score (nSPS) is 21.5. The van der Waals surface area contributed by atoms with E-state index >= 15 is 0 Å². The fraction of sp³-hybridized carbons (Fsp3) is 0.667. The minimum atomic E-state index is -1.47. The Labute approximate surface area is 96.5 Å². The first-order chi connectivity index (χ1) is 8.00. The van der Waals surface area contributed by atoms with Crippen LogP contribution >= 0.6 is 0 Å². The van der Waals surface area contributed by atoms with E-state index in [9.17, 15) is 14.4 Å². The average Bonchev–Trinajstić information content (AvgIpc) is 2.28. The average molecular weight is 247 g/mol. The summed E-state index contributed by atoms with van der Waals surface area (Å²) in [7, 11) is 0. The van der Waals surface area contributed by atoms with Crippen LogP contribution in [0.1, 0.15) is 6.42 Å². The van der Waals surface area contributed by atoms with E-state index in [1.165, 1.54) is 0 Å². The highest BCUT2D eigenvalue weighted by Gasteiger charge is 2.28. The summed E-state index contributed by atoms with van der Waals surface area (Å²) in [5, 5.41) is 19.3. The SMILES string of the molecule is O=C(O)C[C@H](NC(=O)C1COCCO1)C(=O)O. The Balaban J connectivity index is 2.50. The van der Waals surface area contributed by atoms with E-state index in [0.29, 0.717) is 6.61 Å². The molecule has 1 heterocycles. The zero-order valence-corrected chi connectivity index (χ0v) is 8.92. The van der Waals surface area contributed by atoms with Gasteiger partial charge in [0.25, 0.3) is 5.91 Å². The van der Waals surface area contributed by atoms with Gasteiger partial charge in [0.15, 0.2) is 6.10 Å². The van der Waals surface area contributed by atoms with Gasteiger partial charge in [0.2, 0.25) is 0 Å². The van der Waals surface area contributed by atoms with Crippen molar-refractivity contribution in [2.24, 2.45) is 0 Å². The molecule has 1 fully saturated rings. The van der Waals surface area contributed by atoms with Gasteiger partial charge in [-0.15, -0.1) is 0 Å². The van der Waals surface area contributed by atoms with Crippen LogP contribution in [0.4, 0.5) is 0 Å². The molecule has 17 heavy (non-hydrogen) atoms. The molecule has 0 spiro atoms. The van der Waals surface area contributed by atoms with Gasteiger partial charge in [-0.1, -0.05) is 0 Å². The zero-order chi connectivity index (χ0) is 12.8. The van der Waals surface area contributed by atoms with Crippen LogP contribution in [0.2, 0.25) is 0 Å². The largest absolute Gasteiger partial charge is 0.481 e. The summed E-state index contributed by atoms with van der Waals surface area (Å²) in [6, 6.07) is -1.47. The third-order valence-electron chi connectivity index (χ3n) is 2.10. The topological polar surface area (TPSA) is 122 Å². The van der Waals surface area contributed by atoms with Crippen LogP contribution in [-0.2, 0) is 23.9 Å². The molecule has 1 rings (SSSR count). The van der Waals surface area contributed by atoms with Crippen LogP contribution in [0.5, 0.6) is 0 Å². The van der Waals surface area contributed by atoms with Crippen molar-refractivity contribution in [1.82, 2.24) is 5.32 Å². The number of nitrogens with one attached hydrogen (secondary N) is 1. The van der Waals surface area contributed by atoms with E-state index in [-0.39, 0.29) is 13.2 Å². The number of aliphatic carboxylic acids is 2. The molecule has 1 amide bonds. The summed E-state index contributed by atoms with van der Waals surface area (Å²) in [6.45, 7) is 0.654. The molecule has 96 valence electrons. The van der Waals surface area contributed by atoms with Crippen LogP contribution < -0.4 is 5.32 Å². The first-order valence-electron chi connectivity index (χ1n) is 4.95. The van der Waals surface area contributed by atoms with E-state index in [1.54, 1.807) is 0 Å². The highest BCUT2D eigenvalue weighted by molar-refractivity contribution is 5.88. The maximum absolute atomic E-state index is 11.5. The van der Waals surface area contributed by atoms with Crippen LogP contribution in [0.3, 0.4) is 0 Å². The van der Waals surface area contributed by atoms with E-state index in [0.717, 1.165) is 0 Å². The molecule has 2 atom stereocenters. The van der Waals surface area contributed by atoms with Gasteiger partial charge in [-0.05, 0) is 0 Å². The lowest BCUT2D eigenvalue weighted by molar-refractivity contribution is -0.154. The molecule has 0 saturated carbocycles. The number of ether oxygens (including phenoxy) is 2. The minimum absolute atomic E-state index is 0.0330. The number of rotatable bonds is 5. The molecule has 8 nitrogen and oxygen atoms in total. The third kappa shape index (κ3) is 4.37. The molecule has 8 heteroatoms. The first kappa shape index (κ1) is 13.4. The van der Waals surface area contributed by atoms with Gasteiger partial charge in [-0.2, -0.15) is 0 Å². The Kier molecular flexibility index (Phi) is 4.85. The molecular weight excluding hydrogens is 234 g/mol. The third-order valence-corrected chi connectivity index (χ3v) is 2.10. The summed E-state index contributed by atoms with van der Waals surface area (Å²) >= 11 is 0. The number of carbonyl (C=O) groups excluding carboxylic acids is 1. The molecule has 0 aliphatic carbocycles. The highest BCUT2D eigenvalue weighted by atomic mass is 16.6. The molecule has 1 unspecified atom stereocenters. The van der Waals surface area contributed by atoms with Gasteiger partial charge < -0.3 is 25.0 Å². The number of carboxylic acid groups (broad SMARTS) is 2. The Hall–Kier alpha value is -1.67. The summed E-state index contributed by atoms with van der Waals surface area (Å²) in [6.07, 6.45) is -1.58. The van der Waals surface area contributed by atoms with Gasteiger partial charge in [0.1, 0.15) is 6.04 Å². The van der Waals surface area contributed by atoms with Crippen molar-refractivity contribution in [3.05, 3.63) is 0 Å². The van der Waals surface area contributed by atoms with Crippen LogP contribution in [-0.4, -0.2) is 60.0 Å². The van der Waals surface area contributed by atoms with Gasteiger partial charge in [0, 0.05) is 0 Å². The number of amides is 1. The lowest BCUT2D eigenvalue weighted by Gasteiger charge is -2.23. The van der Waals surface area contributed by atoms with E-state index in [4.69, 9.17) is 19.7 Å². The van der Waals surface area contributed by atoms with Crippen LogP contribution in [0.25, 0.3) is 0 Å². The highest BCUT2D eigenvalue weighted by Crippen LogP contribution is 2.02. The molecule has 3 N–H and O–H groups in total. The molecule has 1 saturated heterocycles. The van der Waals surface area contributed by atoms with Crippen molar-refractivity contribution in [2.45, 2.75) is 18.6 Å². The lowest BCUT2D eigenvalue weighted by atomic mass is 10.2. The first-order valence-corrected chi connectivity index (χ1v) is 4.95. The van der Waals surface area contributed by atoms with Crippen molar-refractivity contribution < 1.29 is 34.1 Å². The second kappa shape index (κ2) is 6.16. The maximum atomic E-state index is 11.5. The monoisotopic (exact) mass is 247 g/mol. The fourth-order valence-corrected chi connectivity index (χ4v) is 1.28. The smallest absolute Gasteiger partial charge is 0.326 e. The Bertz CT molecular complexity index is 310. The Morgan fingerprint density at radius 3 is 2.47 bits per heavy atom. The van der Waals surface area contributed by atoms with Crippen molar-refractivity contribution >= 4 is 17.8 Å². The fourth-order valence-electron chi connectivity index (χ4n) is 1.28. The molecule has 0 bridgehead atoms. The number of hydrogen-bond donors (Lipinski definition) is 3. The van der Waals surface area contributed by atoms with E-state index in [2.05, 4.69) is 5.32 Å². The molecule has 1 aliphatic heterocycles. The second-order valence-corrected chi connectivity index (χ2v) is 3.43. The number of hydrogen-bond acceptors (Lipinski definition) is 5. The van der Waals surface area contributed by atoms with Gasteiger partial charge in [0.05, 0.1) is 26.2 Å². The van der Waals surface area contributed by atoms with Crippen LogP contribution in [0, 0.1) is 0 Å². The van der Waals surface area contributed by atoms with Crippen molar-refractivity contribution in [1.29, 1.82) is 0 Å². The molecular formula is C9H13NO7. The van der Waals surface area contributed by atoms with Gasteiger partial charge in [-0.25, -0.2) is 4.79 Å². The van der Waals surface area contributed by atoms with Gasteiger partial charge in [-0.3, -0.25) is 9.59 Å². The van der Waals surface area contributed by atoms with Crippen molar-refractivity contribution in [3.8, 4) is 0 Å². The zero-order valence-electron chi connectivity index (χ0n) is 8.92. The number of carbonyl (C=O) groups is 3. The Morgan fingerprint density at radius 1 is 1.29 bits per heavy atom. The summed E-state index contributed by atoms with van der Waals surface area (Å²) < 4.78 is 10.0. The number of carboxylic acids is 2. The summed E-state index contributed by atoms with van der Waals surface area (Å²) in [5.41, 5.74) is 0. The molecule has 0 radical (unpaired) electrons. The quantitative estimate of drug-likeness (QED) is 0.537. The maximum Gasteiger partial charge on any atom is 0.326 e. The standard InChI is InChI=1S/C9H13NO7/c11-7(12)3-5(9(14)15)10-8(13)6-4-16-1-2-17-6/h5-6H,1-4H2,(H,10,13)(H,11,12)(H,14,15)/t5-,6?/m0/s1. The summed E-state index contributed by atoms with van der Waals surface area (Å²) in [4.78, 5) is 32.6. The predicted octanol–water partition coefficient (Wildman–Crippen LogP) is -1.55. The lowest BCUT2D eigenvalue weighted by Crippen LogP contribution is -2.49. The van der Waals surface area contributed by atoms with Gasteiger partial charge >= 0.3 is 11.9 Å². The molecule has 0 aromatic rings. The van der Waals surface area contributed by atoms with Crippen molar-refractivity contribution in [3.63, 3.8) is 0 Å². The van der Waals surface area contributed by atoms with Crippen molar-refractivity contribution in [2.75, 3.05) is 19.8 Å². The molecule has 0 aromatic carbocycles. The predicted molar refractivity (Wildman–Crippen MR) is 52.4 cm³/mol. The van der Waals surface area contributed by atoms with E-state index < -0.39 is 36.4 Å². The summed E-state index contributed by atoms with van der Waals surface area (Å²) in [5.74, 6) is -3.39. The second-order valence-electron chi connectivity index (χ2n) is 3.43. The molecule has 1 aliphatic rings. The Morgan fingerprint density at radius 2 is 2.00 bits per heavy atom. The molecule has 0 aromatic heterocycles. The minimum Gasteiger partial charge on any atom is -0.481 e. The van der Waals surface area contributed by atoms with Crippen LogP contribution in [0.15, 0.2) is 0 Å². The van der Waals surface area contributed by atoms with E-state index in [1.807, 2.05) is 0 Å².